The number of hydrogen-bond donors (Lipinski definition) is 1. The topological polar surface area (TPSA) is 54.4 Å². The molecule has 0 bridgehead atoms. The first-order valence-electron chi connectivity index (χ1n) is 3.93. The molecular weight excluding hydrogens is 188 g/mol. The maximum absolute atomic E-state index is 11.0. The fourth-order valence-corrected chi connectivity index (χ4v) is 2.39. The van der Waals surface area contributed by atoms with Crippen LogP contribution in [0.2, 0.25) is 0 Å². The van der Waals surface area contributed by atoms with Gasteiger partial charge in [0.2, 0.25) is 0 Å². The summed E-state index contributed by atoms with van der Waals surface area (Å²) in [6.07, 6.45) is 0.304. The van der Waals surface area contributed by atoms with Gasteiger partial charge in [0.1, 0.15) is 11.2 Å². The molecule has 1 aromatic heterocycles. The van der Waals surface area contributed by atoms with Gasteiger partial charge in [0.05, 0.1) is 0 Å². The number of carboxylic acids is 1. The molecule has 1 fully saturated rings. The lowest BCUT2D eigenvalue weighted by atomic mass is 9.64. The average molecular weight is 196 g/mol. The number of Topliss-reactive ketones (excluding diaryl/α,β-unsaturated/α-hetero) is 1. The van der Waals surface area contributed by atoms with Crippen LogP contribution in [0, 0.1) is 0 Å². The zero-order chi connectivity index (χ0) is 9.47. The molecular formula is C9H8O3S. The quantitative estimate of drug-likeness (QED) is 0.778. The smallest absolute Gasteiger partial charge is 0.315 e. The second kappa shape index (κ2) is 2.67. The van der Waals surface area contributed by atoms with Gasteiger partial charge >= 0.3 is 5.97 Å². The average Bonchev–Trinajstić information content (AvgIpc) is 2.49. The molecule has 0 spiro atoms. The molecule has 2 rings (SSSR count). The molecule has 0 amide bonds. The summed E-state index contributed by atoms with van der Waals surface area (Å²) in [6, 6.07) is 1.78. The van der Waals surface area contributed by atoms with Crippen molar-refractivity contribution in [2.24, 2.45) is 0 Å². The monoisotopic (exact) mass is 196 g/mol. The Morgan fingerprint density at radius 2 is 2.23 bits per heavy atom. The molecule has 68 valence electrons. The minimum atomic E-state index is -0.906. The lowest BCUT2D eigenvalue weighted by molar-refractivity contribution is -0.153. The number of thiophene rings is 1. The largest absolute Gasteiger partial charge is 0.481 e. The Hall–Kier alpha value is -1.16. The summed E-state index contributed by atoms with van der Waals surface area (Å²) < 4.78 is 0. The van der Waals surface area contributed by atoms with Crippen molar-refractivity contribution in [3.63, 3.8) is 0 Å². The third kappa shape index (κ3) is 1.09. The predicted octanol–water partition coefficient (Wildman–Crippen LogP) is 1.43. The van der Waals surface area contributed by atoms with Crippen molar-refractivity contribution in [3.8, 4) is 0 Å². The van der Waals surface area contributed by atoms with Gasteiger partial charge in [0.25, 0.3) is 0 Å². The Kier molecular flexibility index (Phi) is 1.73. The van der Waals surface area contributed by atoms with Gasteiger partial charge in [-0.15, -0.1) is 0 Å². The van der Waals surface area contributed by atoms with E-state index in [9.17, 15) is 9.59 Å². The van der Waals surface area contributed by atoms with Crippen molar-refractivity contribution in [2.45, 2.75) is 18.3 Å². The van der Waals surface area contributed by atoms with Gasteiger partial charge in [-0.3, -0.25) is 9.59 Å². The Labute approximate surface area is 79.0 Å². The van der Waals surface area contributed by atoms with Crippen LogP contribution in [0.25, 0.3) is 0 Å². The molecule has 13 heavy (non-hydrogen) atoms. The molecule has 1 aliphatic carbocycles. The second-order valence-electron chi connectivity index (χ2n) is 3.29. The third-order valence-corrected chi connectivity index (χ3v) is 3.16. The lowest BCUT2D eigenvalue weighted by Gasteiger charge is -2.35. The van der Waals surface area contributed by atoms with Crippen molar-refractivity contribution in [2.75, 3.05) is 0 Å². The molecule has 1 aromatic rings. The molecule has 1 N–H and O–H groups in total. The standard InChI is InChI=1S/C9H8O3S/c10-7-3-9(4-7,8(11)12)6-1-2-13-5-6/h1-2,5H,3-4H2,(H,11,12). The van der Waals surface area contributed by atoms with Crippen LogP contribution in [-0.2, 0) is 15.0 Å². The second-order valence-corrected chi connectivity index (χ2v) is 4.07. The van der Waals surface area contributed by atoms with Crippen LogP contribution in [-0.4, -0.2) is 16.9 Å². The van der Waals surface area contributed by atoms with E-state index in [1.807, 2.05) is 5.38 Å². The van der Waals surface area contributed by atoms with Crippen molar-refractivity contribution >= 4 is 23.1 Å². The third-order valence-electron chi connectivity index (χ3n) is 2.48. The van der Waals surface area contributed by atoms with Gasteiger partial charge in [-0.05, 0) is 22.4 Å². The number of rotatable bonds is 2. The first-order chi connectivity index (χ1) is 6.15. The highest BCUT2D eigenvalue weighted by atomic mass is 32.1. The zero-order valence-corrected chi connectivity index (χ0v) is 7.63. The summed E-state index contributed by atoms with van der Waals surface area (Å²) in [5, 5.41) is 12.7. The number of carbonyl (C=O) groups is 2. The normalized spacial score (nSPS) is 19.5. The summed E-state index contributed by atoms with van der Waals surface area (Å²) in [6.45, 7) is 0. The molecule has 1 aliphatic rings. The molecule has 0 atom stereocenters. The Bertz CT molecular complexity index is 345. The summed E-state index contributed by atoms with van der Waals surface area (Å²) >= 11 is 1.46. The van der Waals surface area contributed by atoms with Crippen LogP contribution in [0.5, 0.6) is 0 Å². The van der Waals surface area contributed by atoms with E-state index in [0.29, 0.717) is 0 Å². The van der Waals surface area contributed by atoms with Crippen molar-refractivity contribution in [1.29, 1.82) is 0 Å². The number of aliphatic carboxylic acids is 1. The van der Waals surface area contributed by atoms with Crippen molar-refractivity contribution in [1.82, 2.24) is 0 Å². The maximum atomic E-state index is 11.0. The van der Waals surface area contributed by atoms with Crippen LogP contribution in [0.15, 0.2) is 16.8 Å². The Morgan fingerprint density at radius 1 is 1.54 bits per heavy atom. The van der Waals surface area contributed by atoms with Gasteiger partial charge < -0.3 is 5.11 Å². The van der Waals surface area contributed by atoms with Gasteiger partial charge in [0, 0.05) is 12.8 Å². The number of hydrogen-bond acceptors (Lipinski definition) is 3. The number of carbonyl (C=O) groups excluding carboxylic acids is 1. The molecule has 0 aliphatic heterocycles. The fraction of sp³-hybridized carbons (Fsp3) is 0.333. The summed E-state index contributed by atoms with van der Waals surface area (Å²) in [5.41, 5.74) is -0.138. The van der Waals surface area contributed by atoms with E-state index in [-0.39, 0.29) is 18.6 Å². The Balaban J connectivity index is 2.37. The van der Waals surface area contributed by atoms with E-state index >= 15 is 0 Å². The van der Waals surface area contributed by atoms with E-state index in [1.165, 1.54) is 11.3 Å². The molecule has 0 unspecified atom stereocenters. The number of ketones is 1. The molecule has 0 aromatic carbocycles. The molecule has 3 nitrogen and oxygen atoms in total. The van der Waals surface area contributed by atoms with E-state index < -0.39 is 11.4 Å². The molecule has 1 heterocycles. The predicted molar refractivity (Wildman–Crippen MR) is 47.9 cm³/mol. The van der Waals surface area contributed by atoms with Gasteiger partial charge in [-0.2, -0.15) is 11.3 Å². The van der Waals surface area contributed by atoms with Gasteiger partial charge in [0.15, 0.2) is 0 Å². The highest BCUT2D eigenvalue weighted by molar-refractivity contribution is 7.08. The SMILES string of the molecule is O=C1CC(C(=O)O)(c2ccsc2)C1. The number of carboxylic acid groups (broad SMARTS) is 1. The van der Waals surface area contributed by atoms with Crippen LogP contribution >= 0.6 is 11.3 Å². The van der Waals surface area contributed by atoms with Crippen molar-refractivity contribution < 1.29 is 14.7 Å². The van der Waals surface area contributed by atoms with Crippen LogP contribution in [0.1, 0.15) is 18.4 Å². The minimum absolute atomic E-state index is 0.0357. The molecule has 0 radical (unpaired) electrons. The van der Waals surface area contributed by atoms with Gasteiger partial charge in [-0.25, -0.2) is 0 Å². The molecule has 0 saturated heterocycles. The Morgan fingerprint density at radius 3 is 2.62 bits per heavy atom. The fourth-order valence-electron chi connectivity index (χ4n) is 1.64. The molecule has 1 saturated carbocycles. The molecule has 4 heteroatoms. The summed E-state index contributed by atoms with van der Waals surface area (Å²) in [4.78, 5) is 21.9. The minimum Gasteiger partial charge on any atom is -0.481 e. The van der Waals surface area contributed by atoms with E-state index in [2.05, 4.69) is 0 Å². The zero-order valence-electron chi connectivity index (χ0n) is 6.82. The van der Waals surface area contributed by atoms with E-state index in [1.54, 1.807) is 11.4 Å². The highest BCUT2D eigenvalue weighted by Crippen LogP contribution is 2.42. The highest BCUT2D eigenvalue weighted by Gasteiger charge is 2.51. The maximum Gasteiger partial charge on any atom is 0.315 e. The first kappa shape index (κ1) is 8.44. The van der Waals surface area contributed by atoms with Gasteiger partial charge in [-0.1, -0.05) is 0 Å². The van der Waals surface area contributed by atoms with E-state index in [0.717, 1.165) is 5.56 Å². The van der Waals surface area contributed by atoms with E-state index in [4.69, 9.17) is 5.11 Å². The summed E-state index contributed by atoms with van der Waals surface area (Å²) in [7, 11) is 0. The lowest BCUT2D eigenvalue weighted by Crippen LogP contribution is -2.47. The van der Waals surface area contributed by atoms with Crippen LogP contribution < -0.4 is 0 Å². The summed E-state index contributed by atoms with van der Waals surface area (Å²) in [5.74, 6) is -0.848. The van der Waals surface area contributed by atoms with Crippen LogP contribution in [0.4, 0.5) is 0 Å². The van der Waals surface area contributed by atoms with Crippen LogP contribution in [0.3, 0.4) is 0 Å². The first-order valence-corrected chi connectivity index (χ1v) is 4.87. The van der Waals surface area contributed by atoms with Crippen molar-refractivity contribution in [3.05, 3.63) is 22.4 Å².